The normalized spacial score (nSPS) is 21.6. The van der Waals surface area contributed by atoms with Gasteiger partial charge < -0.3 is 10.6 Å². The third-order valence-electron chi connectivity index (χ3n) is 2.18. The molecule has 1 atom stereocenters. The number of carbonyl (C=O) groups is 1. The van der Waals surface area contributed by atoms with Crippen molar-refractivity contribution in [2.75, 3.05) is 17.2 Å². The topological polar surface area (TPSA) is 59.2 Å². The Bertz CT molecular complexity index is 369. The Morgan fingerprint density at radius 1 is 1.64 bits per heavy atom. The van der Waals surface area contributed by atoms with Crippen molar-refractivity contribution < 1.29 is 4.79 Å². The van der Waals surface area contributed by atoms with Crippen LogP contribution in [-0.2, 0) is 4.79 Å². The van der Waals surface area contributed by atoms with Crippen LogP contribution < -0.4 is 10.6 Å². The summed E-state index contributed by atoms with van der Waals surface area (Å²) in [6.07, 6.45) is 2.14. The van der Waals surface area contributed by atoms with Crippen LogP contribution >= 0.6 is 15.9 Å². The van der Waals surface area contributed by atoms with Crippen LogP contribution in [0.4, 0.5) is 11.5 Å². The van der Waals surface area contributed by atoms with Gasteiger partial charge in [-0.05, 0) is 12.1 Å². The van der Waals surface area contributed by atoms with Gasteiger partial charge in [-0.2, -0.15) is 0 Å². The molecule has 74 valence electrons. The van der Waals surface area contributed by atoms with Crippen LogP contribution in [0.15, 0.2) is 18.3 Å². The van der Waals surface area contributed by atoms with Crippen molar-refractivity contribution >= 4 is 33.3 Å². The van der Waals surface area contributed by atoms with Crippen molar-refractivity contribution in [1.29, 1.82) is 0 Å². The van der Waals surface area contributed by atoms with Crippen molar-refractivity contribution in [3.8, 4) is 0 Å². The van der Waals surface area contributed by atoms with Crippen molar-refractivity contribution in [2.45, 2.75) is 11.2 Å². The molecule has 1 aromatic heterocycles. The summed E-state index contributed by atoms with van der Waals surface area (Å²) in [6, 6.07) is 3.59. The molecule has 4 nitrogen and oxygen atoms in total. The minimum atomic E-state index is 0.0894. The summed E-state index contributed by atoms with van der Waals surface area (Å²) in [4.78, 5) is 17.4. The molecule has 1 fully saturated rings. The fourth-order valence-electron chi connectivity index (χ4n) is 1.53. The summed E-state index contributed by atoms with van der Waals surface area (Å²) in [7, 11) is 0. The van der Waals surface area contributed by atoms with E-state index in [-0.39, 0.29) is 10.7 Å². The van der Waals surface area contributed by atoms with Gasteiger partial charge in [0.2, 0.25) is 5.91 Å². The fourth-order valence-corrected chi connectivity index (χ4v) is 2.10. The number of anilines is 2. The number of pyridine rings is 1. The van der Waals surface area contributed by atoms with E-state index in [1.165, 1.54) is 0 Å². The van der Waals surface area contributed by atoms with Crippen molar-refractivity contribution in [1.82, 2.24) is 4.98 Å². The van der Waals surface area contributed by atoms with E-state index >= 15 is 0 Å². The van der Waals surface area contributed by atoms with Gasteiger partial charge in [-0.15, -0.1) is 0 Å². The molecule has 14 heavy (non-hydrogen) atoms. The quantitative estimate of drug-likeness (QED) is 0.767. The van der Waals surface area contributed by atoms with Gasteiger partial charge >= 0.3 is 0 Å². The summed E-state index contributed by atoms with van der Waals surface area (Å²) < 4.78 is 0. The molecule has 1 aliphatic heterocycles. The SMILES string of the molecule is Nc1ncccc1N1CC(Br)CC1=O. The largest absolute Gasteiger partial charge is 0.382 e. The first kappa shape index (κ1) is 9.45. The number of nitrogens with two attached hydrogens (primary N) is 1. The Hall–Kier alpha value is -1.10. The number of amides is 1. The van der Waals surface area contributed by atoms with E-state index < -0.39 is 0 Å². The molecule has 2 heterocycles. The standard InChI is InChI=1S/C9H10BrN3O/c10-6-4-8(14)13(5-6)7-2-1-3-12-9(7)11/h1-3,6H,4-5H2,(H2,11,12). The molecule has 0 radical (unpaired) electrons. The highest BCUT2D eigenvalue weighted by Crippen LogP contribution is 2.27. The number of aromatic nitrogens is 1. The molecule has 0 saturated carbocycles. The highest BCUT2D eigenvalue weighted by atomic mass is 79.9. The maximum Gasteiger partial charge on any atom is 0.228 e. The molecule has 1 aliphatic rings. The Kier molecular flexibility index (Phi) is 2.41. The lowest BCUT2D eigenvalue weighted by molar-refractivity contribution is -0.117. The molecule has 2 rings (SSSR count). The smallest absolute Gasteiger partial charge is 0.228 e. The van der Waals surface area contributed by atoms with Gasteiger partial charge in [-0.1, -0.05) is 15.9 Å². The summed E-state index contributed by atoms with van der Waals surface area (Å²) in [6.45, 7) is 0.661. The van der Waals surface area contributed by atoms with Crippen molar-refractivity contribution in [2.24, 2.45) is 0 Å². The van der Waals surface area contributed by atoms with E-state index in [9.17, 15) is 4.79 Å². The van der Waals surface area contributed by atoms with Gasteiger partial charge in [0.15, 0.2) is 0 Å². The van der Waals surface area contributed by atoms with E-state index in [1.807, 2.05) is 6.07 Å². The van der Waals surface area contributed by atoms with E-state index in [2.05, 4.69) is 20.9 Å². The molecule has 1 saturated heterocycles. The van der Waals surface area contributed by atoms with Crippen molar-refractivity contribution in [3.63, 3.8) is 0 Å². The lowest BCUT2D eigenvalue weighted by Crippen LogP contribution is -2.25. The third kappa shape index (κ3) is 1.59. The summed E-state index contributed by atoms with van der Waals surface area (Å²) in [5.41, 5.74) is 6.40. The second-order valence-electron chi connectivity index (χ2n) is 3.21. The number of carbonyl (C=O) groups excluding carboxylic acids is 1. The predicted molar refractivity (Wildman–Crippen MR) is 58.3 cm³/mol. The monoisotopic (exact) mass is 255 g/mol. The van der Waals surface area contributed by atoms with Gasteiger partial charge in [0, 0.05) is 24.0 Å². The maximum absolute atomic E-state index is 11.5. The van der Waals surface area contributed by atoms with E-state index in [1.54, 1.807) is 17.2 Å². The number of halogens is 1. The molecule has 1 unspecified atom stereocenters. The van der Waals surface area contributed by atoms with E-state index in [4.69, 9.17) is 5.73 Å². The maximum atomic E-state index is 11.5. The molecule has 1 amide bonds. The van der Waals surface area contributed by atoms with Crippen LogP contribution in [0, 0.1) is 0 Å². The number of nitrogen functional groups attached to an aromatic ring is 1. The van der Waals surface area contributed by atoms with Gasteiger partial charge in [-0.3, -0.25) is 4.79 Å². The Morgan fingerprint density at radius 3 is 3.00 bits per heavy atom. The molecule has 2 N–H and O–H groups in total. The van der Waals surface area contributed by atoms with Gasteiger partial charge in [0.25, 0.3) is 0 Å². The fraction of sp³-hybridized carbons (Fsp3) is 0.333. The first-order valence-corrected chi connectivity index (χ1v) is 5.25. The molecule has 1 aromatic rings. The van der Waals surface area contributed by atoms with Gasteiger partial charge in [0.1, 0.15) is 5.82 Å². The van der Waals surface area contributed by atoms with E-state index in [0.717, 1.165) is 0 Å². The number of alkyl halides is 1. The highest BCUT2D eigenvalue weighted by molar-refractivity contribution is 9.09. The minimum Gasteiger partial charge on any atom is -0.382 e. The lowest BCUT2D eigenvalue weighted by atomic mass is 10.3. The molecule has 0 aromatic carbocycles. The summed E-state index contributed by atoms with van der Waals surface area (Å²) in [5.74, 6) is 0.494. The molecular weight excluding hydrogens is 246 g/mol. The molecule has 0 bridgehead atoms. The number of rotatable bonds is 1. The Morgan fingerprint density at radius 2 is 2.43 bits per heavy atom. The second-order valence-corrected chi connectivity index (χ2v) is 4.51. The lowest BCUT2D eigenvalue weighted by Gasteiger charge is -2.16. The summed E-state index contributed by atoms with van der Waals surface area (Å²) in [5, 5.41) is 0. The van der Waals surface area contributed by atoms with Crippen LogP contribution in [0.3, 0.4) is 0 Å². The molecule has 5 heteroatoms. The molecule has 0 spiro atoms. The molecule has 0 aliphatic carbocycles. The van der Waals surface area contributed by atoms with Crippen LogP contribution in [0.1, 0.15) is 6.42 Å². The average Bonchev–Trinajstić information content (AvgIpc) is 2.46. The Labute approximate surface area is 90.2 Å². The summed E-state index contributed by atoms with van der Waals surface area (Å²) >= 11 is 3.42. The van der Waals surface area contributed by atoms with Crippen LogP contribution in [0.2, 0.25) is 0 Å². The number of nitrogens with zero attached hydrogens (tertiary/aromatic N) is 2. The number of hydrogen-bond acceptors (Lipinski definition) is 3. The predicted octanol–water partition coefficient (Wildman–Crippen LogP) is 1.16. The van der Waals surface area contributed by atoms with Gasteiger partial charge in [0.05, 0.1) is 5.69 Å². The van der Waals surface area contributed by atoms with Crippen LogP contribution in [0.5, 0.6) is 0 Å². The first-order valence-electron chi connectivity index (χ1n) is 4.33. The van der Waals surface area contributed by atoms with Crippen LogP contribution in [0.25, 0.3) is 0 Å². The zero-order valence-corrected chi connectivity index (χ0v) is 9.07. The zero-order valence-electron chi connectivity index (χ0n) is 7.48. The molecular formula is C9H10BrN3O. The van der Waals surface area contributed by atoms with Crippen LogP contribution in [-0.4, -0.2) is 22.3 Å². The second kappa shape index (κ2) is 3.57. The highest BCUT2D eigenvalue weighted by Gasteiger charge is 2.29. The van der Waals surface area contributed by atoms with E-state index in [0.29, 0.717) is 24.5 Å². The third-order valence-corrected chi connectivity index (χ3v) is 2.80. The van der Waals surface area contributed by atoms with Crippen molar-refractivity contribution in [3.05, 3.63) is 18.3 Å². The zero-order chi connectivity index (χ0) is 10.1. The Balaban J connectivity index is 2.32. The van der Waals surface area contributed by atoms with Gasteiger partial charge in [-0.25, -0.2) is 4.98 Å². The minimum absolute atomic E-state index is 0.0894. The average molecular weight is 256 g/mol. The number of hydrogen-bond donors (Lipinski definition) is 1. The first-order chi connectivity index (χ1) is 6.68.